The molecule has 1 atom stereocenters. The normalized spacial score (nSPS) is 11.9. The summed E-state index contributed by atoms with van der Waals surface area (Å²) in [6, 6.07) is 6.10. The number of amides is 1. The molecule has 1 amide bonds. The van der Waals surface area contributed by atoms with E-state index >= 15 is 0 Å². The van der Waals surface area contributed by atoms with Gasteiger partial charge in [-0.15, -0.1) is 0 Å². The van der Waals surface area contributed by atoms with Crippen LogP contribution in [-0.2, 0) is 19.1 Å². The number of carbonyl (C=O) groups excluding carboxylic acids is 1. The third-order valence-electron chi connectivity index (χ3n) is 2.66. The first-order chi connectivity index (χ1) is 10.0. The van der Waals surface area contributed by atoms with Crippen molar-refractivity contribution in [2.45, 2.75) is 12.5 Å². The van der Waals surface area contributed by atoms with Crippen molar-refractivity contribution < 1.29 is 24.2 Å². The van der Waals surface area contributed by atoms with Gasteiger partial charge in [-0.05, 0) is 11.6 Å². The Morgan fingerprint density at radius 3 is 2.67 bits per heavy atom. The average Bonchev–Trinajstić information content (AvgIpc) is 2.43. The van der Waals surface area contributed by atoms with Gasteiger partial charge in [-0.25, -0.2) is 0 Å². The second kappa shape index (κ2) is 9.33. The highest BCUT2D eigenvalue weighted by atomic mass is 35.5. The van der Waals surface area contributed by atoms with Crippen LogP contribution in [0.25, 0.3) is 0 Å². The number of benzene rings is 1. The first-order valence-electron chi connectivity index (χ1n) is 6.37. The molecule has 21 heavy (non-hydrogen) atoms. The highest BCUT2D eigenvalue weighted by Gasteiger charge is 2.20. The minimum Gasteiger partial charge on any atom is -0.481 e. The van der Waals surface area contributed by atoms with Crippen LogP contribution in [0.4, 0.5) is 0 Å². The van der Waals surface area contributed by atoms with Gasteiger partial charge in [0.05, 0.1) is 25.7 Å². The summed E-state index contributed by atoms with van der Waals surface area (Å²) in [6.45, 7) is 0.514. The van der Waals surface area contributed by atoms with E-state index < -0.39 is 17.9 Å². The molecule has 0 aromatic heterocycles. The van der Waals surface area contributed by atoms with Crippen LogP contribution in [0.2, 0.25) is 5.02 Å². The van der Waals surface area contributed by atoms with Gasteiger partial charge in [-0.2, -0.15) is 0 Å². The molecule has 1 aromatic rings. The molecule has 0 heterocycles. The Morgan fingerprint density at radius 1 is 1.33 bits per heavy atom. The maximum absolute atomic E-state index is 11.8. The van der Waals surface area contributed by atoms with Gasteiger partial charge in [-0.1, -0.05) is 29.8 Å². The summed E-state index contributed by atoms with van der Waals surface area (Å²) >= 11 is 6.04. The summed E-state index contributed by atoms with van der Waals surface area (Å²) in [5.41, 5.74) is 0.562. The fraction of sp³-hybridized carbons (Fsp3) is 0.429. The van der Waals surface area contributed by atoms with Gasteiger partial charge in [0.25, 0.3) is 0 Å². The van der Waals surface area contributed by atoms with Gasteiger partial charge in [0.1, 0.15) is 6.61 Å². The maximum Gasteiger partial charge on any atom is 0.305 e. The lowest BCUT2D eigenvalue weighted by Gasteiger charge is -2.18. The van der Waals surface area contributed by atoms with Crippen LogP contribution in [-0.4, -0.2) is 43.9 Å². The molecule has 0 aliphatic carbocycles. The molecule has 2 N–H and O–H groups in total. The van der Waals surface area contributed by atoms with Crippen molar-refractivity contribution in [3.05, 3.63) is 34.9 Å². The number of methoxy groups -OCH3 is 1. The van der Waals surface area contributed by atoms with Crippen LogP contribution in [0.15, 0.2) is 24.3 Å². The second-order valence-electron chi connectivity index (χ2n) is 4.28. The highest BCUT2D eigenvalue weighted by Crippen LogP contribution is 2.25. The van der Waals surface area contributed by atoms with E-state index in [1.807, 2.05) is 0 Å². The van der Waals surface area contributed by atoms with Crippen LogP contribution in [0.1, 0.15) is 18.0 Å². The summed E-state index contributed by atoms with van der Waals surface area (Å²) < 4.78 is 9.88. The van der Waals surface area contributed by atoms with Crippen LogP contribution < -0.4 is 5.32 Å². The van der Waals surface area contributed by atoms with Gasteiger partial charge in [0.2, 0.25) is 5.91 Å². The van der Waals surface area contributed by atoms with Gasteiger partial charge in [-0.3, -0.25) is 9.59 Å². The Kier molecular flexibility index (Phi) is 7.74. The number of carboxylic acids is 1. The van der Waals surface area contributed by atoms with E-state index in [4.69, 9.17) is 26.2 Å². The topological polar surface area (TPSA) is 84.9 Å². The molecule has 1 rings (SSSR count). The number of carboxylic acid groups (broad SMARTS) is 1. The number of carbonyl (C=O) groups is 2. The van der Waals surface area contributed by atoms with E-state index in [1.165, 1.54) is 7.11 Å². The molecular formula is C14H18ClNO5. The standard InChI is InChI=1S/C14H18ClNO5/c1-20-6-7-21-9-13(17)16-12(8-14(18)19)10-4-2-3-5-11(10)15/h2-5,12H,6-9H2,1H3,(H,16,17)(H,18,19)/t12-/m0/s1. The van der Waals surface area contributed by atoms with E-state index in [2.05, 4.69) is 5.32 Å². The van der Waals surface area contributed by atoms with Crippen LogP contribution in [0.3, 0.4) is 0 Å². The molecule has 0 saturated carbocycles. The number of rotatable bonds is 9. The smallest absolute Gasteiger partial charge is 0.305 e. The maximum atomic E-state index is 11.8. The second-order valence-corrected chi connectivity index (χ2v) is 4.69. The van der Waals surface area contributed by atoms with Gasteiger partial charge in [0.15, 0.2) is 0 Å². The van der Waals surface area contributed by atoms with Crippen molar-refractivity contribution >= 4 is 23.5 Å². The van der Waals surface area contributed by atoms with Gasteiger partial charge < -0.3 is 19.9 Å². The highest BCUT2D eigenvalue weighted by molar-refractivity contribution is 6.31. The summed E-state index contributed by atoms with van der Waals surface area (Å²) in [7, 11) is 1.53. The number of hydrogen-bond donors (Lipinski definition) is 2. The molecule has 0 fully saturated rings. The Labute approximate surface area is 128 Å². The number of hydrogen-bond acceptors (Lipinski definition) is 4. The van der Waals surface area contributed by atoms with Crippen molar-refractivity contribution in [3.8, 4) is 0 Å². The Bertz CT molecular complexity index is 480. The van der Waals surface area contributed by atoms with Crippen molar-refractivity contribution in [2.24, 2.45) is 0 Å². The molecule has 0 spiro atoms. The van der Waals surface area contributed by atoms with E-state index in [0.29, 0.717) is 23.8 Å². The summed E-state index contributed by atoms with van der Waals surface area (Å²) in [4.78, 5) is 22.7. The number of nitrogens with one attached hydrogen (secondary N) is 1. The molecule has 1 aromatic carbocycles. The zero-order valence-corrected chi connectivity index (χ0v) is 12.4. The molecule has 6 nitrogen and oxygen atoms in total. The lowest BCUT2D eigenvalue weighted by atomic mass is 10.0. The van der Waals surface area contributed by atoms with Gasteiger partial charge in [0, 0.05) is 12.1 Å². The summed E-state index contributed by atoms with van der Waals surface area (Å²) in [5, 5.41) is 12.0. The third-order valence-corrected chi connectivity index (χ3v) is 3.00. The van der Waals surface area contributed by atoms with Crippen molar-refractivity contribution in [2.75, 3.05) is 26.9 Å². The minimum atomic E-state index is -1.03. The predicted octanol–water partition coefficient (Wildman–Crippen LogP) is 1.64. The van der Waals surface area contributed by atoms with Crippen molar-refractivity contribution in [1.82, 2.24) is 5.32 Å². The number of ether oxygens (including phenoxy) is 2. The quantitative estimate of drug-likeness (QED) is 0.677. The molecule has 0 unspecified atom stereocenters. The number of aliphatic carboxylic acids is 1. The molecule has 0 aliphatic rings. The monoisotopic (exact) mass is 315 g/mol. The van der Waals surface area contributed by atoms with Crippen LogP contribution >= 0.6 is 11.6 Å². The largest absolute Gasteiger partial charge is 0.481 e. The Hall–Kier alpha value is -1.63. The molecule has 0 aliphatic heterocycles. The molecular weight excluding hydrogens is 298 g/mol. The molecule has 0 bridgehead atoms. The van der Waals surface area contributed by atoms with E-state index in [-0.39, 0.29) is 13.0 Å². The number of halogens is 1. The molecule has 0 saturated heterocycles. The third kappa shape index (κ3) is 6.57. The first kappa shape index (κ1) is 17.4. The summed E-state index contributed by atoms with van der Waals surface area (Å²) in [5.74, 6) is -1.43. The van der Waals surface area contributed by atoms with Crippen LogP contribution in [0, 0.1) is 0 Å². The molecule has 0 radical (unpaired) electrons. The van der Waals surface area contributed by atoms with Crippen molar-refractivity contribution in [3.63, 3.8) is 0 Å². The SMILES string of the molecule is COCCOCC(=O)N[C@@H](CC(=O)O)c1ccccc1Cl. The molecule has 7 heteroatoms. The zero-order chi connectivity index (χ0) is 15.7. The van der Waals surface area contributed by atoms with Gasteiger partial charge >= 0.3 is 5.97 Å². The van der Waals surface area contributed by atoms with E-state index in [9.17, 15) is 9.59 Å². The molecule has 116 valence electrons. The van der Waals surface area contributed by atoms with E-state index in [1.54, 1.807) is 24.3 Å². The summed E-state index contributed by atoms with van der Waals surface area (Å²) in [6.07, 6.45) is -0.256. The average molecular weight is 316 g/mol. The zero-order valence-electron chi connectivity index (χ0n) is 11.7. The lowest BCUT2D eigenvalue weighted by Crippen LogP contribution is -2.33. The first-order valence-corrected chi connectivity index (χ1v) is 6.74. The fourth-order valence-corrected chi connectivity index (χ4v) is 1.98. The fourth-order valence-electron chi connectivity index (χ4n) is 1.71. The predicted molar refractivity (Wildman–Crippen MR) is 77.3 cm³/mol. The van der Waals surface area contributed by atoms with Crippen molar-refractivity contribution in [1.29, 1.82) is 0 Å². The van der Waals surface area contributed by atoms with Crippen LogP contribution in [0.5, 0.6) is 0 Å². The lowest BCUT2D eigenvalue weighted by molar-refractivity contribution is -0.138. The Morgan fingerprint density at radius 2 is 2.05 bits per heavy atom. The Balaban J connectivity index is 2.64. The minimum absolute atomic E-state index is 0.163. The van der Waals surface area contributed by atoms with E-state index in [0.717, 1.165) is 0 Å².